The van der Waals surface area contributed by atoms with Crippen LogP contribution in [0.3, 0.4) is 0 Å². The van der Waals surface area contributed by atoms with Crippen molar-refractivity contribution in [2.75, 3.05) is 43.9 Å². The number of carbonyl (C=O) groups excluding carboxylic acids is 5. The van der Waals surface area contributed by atoms with Crippen molar-refractivity contribution in [1.29, 1.82) is 0 Å². The van der Waals surface area contributed by atoms with Gasteiger partial charge in [0.15, 0.2) is 16.9 Å². The van der Waals surface area contributed by atoms with E-state index in [1.807, 2.05) is 60.1 Å². The van der Waals surface area contributed by atoms with Gasteiger partial charge in [0.25, 0.3) is 27.8 Å². The minimum Gasteiger partial charge on any atom is -0.479 e. The van der Waals surface area contributed by atoms with Gasteiger partial charge in [-0.1, -0.05) is 73.7 Å². The van der Waals surface area contributed by atoms with E-state index in [1.54, 1.807) is 36.5 Å². The number of ether oxygens (including phenoxy) is 4. The summed E-state index contributed by atoms with van der Waals surface area (Å²) in [6, 6.07) is 26.8. The standard InChI is InChI=1S/C71H78N8O19S2/c1-40-33-69(39-79-42(3)50(35-73-79)47-18-19-51(74-58(47)64(87)88)45-17-16-44-10-8-11-48(49(44)32-45)63(86)76-67-75-52-12-4-5-13-54(52)99-67)34-41(2)71(40)24-22-70(38-69,23-25-71)96-29-27-77(28-30-100(92,93)94)68(91)95-37-46-15-14-43(9-6-7-26-72-55(80)36-78-56(81)20-21-57(78)82)31-53(46)97-66-61(85)59(83)60(84)62(98-66)65(89)90/h4-5,8,10-21,31-32,35,40-41,59-62,66,83-85H,6-7,9,22-30,33-34,36-39H2,1-3H3,(H,72,80)(H,87,88)(H,89,90)(H,75,76,86)(H,92,93,94)/t40?,41?,59-,60-,61+,62-,66+,69?,70?,71?/m0/s1. The third kappa shape index (κ3) is 15.0. The van der Waals surface area contributed by atoms with Crippen LogP contribution in [0.1, 0.15) is 109 Å². The highest BCUT2D eigenvalue weighted by Crippen LogP contribution is 2.66. The number of anilines is 1. The summed E-state index contributed by atoms with van der Waals surface area (Å²) in [5.74, 6) is -5.20. The van der Waals surface area contributed by atoms with Gasteiger partial charge < -0.3 is 54.7 Å². The number of nitrogens with zero attached hydrogens (tertiary/aromatic N) is 6. The number of imide groups is 1. The van der Waals surface area contributed by atoms with E-state index in [0.29, 0.717) is 101 Å². The zero-order valence-corrected chi connectivity index (χ0v) is 56.8. The molecule has 15 rings (SSSR count). The van der Waals surface area contributed by atoms with Crippen LogP contribution in [-0.4, -0.2) is 185 Å². The summed E-state index contributed by atoms with van der Waals surface area (Å²) in [6.45, 7) is 5.54. The van der Waals surface area contributed by atoms with Crippen LogP contribution in [0.15, 0.2) is 109 Å². The predicted octanol–water partition coefficient (Wildman–Crippen LogP) is 7.57. The number of benzene rings is 4. The highest BCUT2D eigenvalue weighted by Gasteiger charge is 2.60. The molecule has 27 nitrogen and oxygen atoms in total. The summed E-state index contributed by atoms with van der Waals surface area (Å²) in [6.07, 6.45) is -0.209. The van der Waals surface area contributed by atoms with Crippen LogP contribution in [0, 0.1) is 29.6 Å². The number of aliphatic hydroxyl groups is 3. The fourth-order valence-corrected chi connectivity index (χ4v) is 16.9. The molecule has 7 atom stereocenters. The number of aliphatic carboxylic acids is 1. The normalized spacial score (nSPS) is 24.9. The number of unbranched alkanes of at least 4 members (excludes halogenated alkanes) is 1. The zero-order chi connectivity index (χ0) is 71.0. The number of carbonyl (C=O) groups is 7. The first-order valence-corrected chi connectivity index (χ1v) is 35.6. The van der Waals surface area contributed by atoms with Crippen molar-refractivity contribution in [3.05, 3.63) is 137 Å². The Labute approximate surface area is 578 Å². The van der Waals surface area contributed by atoms with Gasteiger partial charge in [0, 0.05) is 71.8 Å². The molecule has 2 unspecified atom stereocenters. The molecule has 528 valence electrons. The number of hydrogen-bond donors (Lipinski definition) is 8. The summed E-state index contributed by atoms with van der Waals surface area (Å²) in [7, 11) is -4.61. The maximum absolute atomic E-state index is 14.2. The van der Waals surface area contributed by atoms with E-state index >= 15 is 0 Å². The van der Waals surface area contributed by atoms with E-state index in [1.165, 1.54) is 23.5 Å². The van der Waals surface area contributed by atoms with Crippen molar-refractivity contribution in [2.45, 2.75) is 134 Å². The van der Waals surface area contributed by atoms with E-state index < -0.39 is 108 Å². The molecule has 100 heavy (non-hydrogen) atoms. The molecule has 5 amide bonds. The first-order valence-electron chi connectivity index (χ1n) is 33.2. The SMILES string of the molecule is Cc1c(-c2ccc(-c3ccc4cccc(C(=O)Nc5nc6ccccc6s5)c4c3)nc2C(=O)O)cnn1CC12CC(C)C3(CCC(OCCN(CCS(=O)(=O)O)C(=O)OCc4ccc(CCCCNC(=O)CN5C(=O)C=CC5=O)cc4O[C@@H]4O[C@H](C(=O)O)[C@@H](O)[C@H](O)[C@H]4O)(CC3)C1)C(C)C2. The Hall–Kier alpha value is -9.07. The highest BCUT2D eigenvalue weighted by atomic mass is 32.2. The molecule has 0 radical (unpaired) electrons. The average Bonchev–Trinajstić information content (AvgIpc) is 0.790. The maximum atomic E-state index is 14.2. The first kappa shape index (κ1) is 70.8. The molecule has 29 heteroatoms. The number of amides is 5. The minimum absolute atomic E-state index is 0.0341. The van der Waals surface area contributed by atoms with Gasteiger partial charge in [-0.3, -0.25) is 38.6 Å². The molecule has 2 aliphatic heterocycles. The molecular formula is C71H78N8O19S2. The number of aliphatic hydroxyl groups excluding tert-OH is 3. The van der Waals surface area contributed by atoms with E-state index in [9.17, 15) is 72.1 Å². The van der Waals surface area contributed by atoms with Crippen LogP contribution in [0.4, 0.5) is 9.93 Å². The van der Waals surface area contributed by atoms with Crippen LogP contribution in [0.2, 0.25) is 0 Å². The molecular weight excluding hydrogens is 1330 g/mol. The van der Waals surface area contributed by atoms with Crippen LogP contribution in [0.5, 0.6) is 5.75 Å². The van der Waals surface area contributed by atoms with Gasteiger partial charge in [-0.05, 0) is 153 Å². The molecule has 7 fully saturated rings. The lowest BCUT2D eigenvalue weighted by Gasteiger charge is -2.64. The van der Waals surface area contributed by atoms with Gasteiger partial charge in [0.05, 0.1) is 40.1 Å². The van der Waals surface area contributed by atoms with Crippen LogP contribution < -0.4 is 15.4 Å². The summed E-state index contributed by atoms with van der Waals surface area (Å²) in [5.41, 5.74) is 3.47. The van der Waals surface area contributed by atoms with E-state index in [2.05, 4.69) is 29.5 Å². The molecule has 8 aliphatic rings. The van der Waals surface area contributed by atoms with Crippen LogP contribution in [0.25, 0.3) is 43.4 Å². The number of fused-ring (bicyclic) bond motifs is 2. The summed E-state index contributed by atoms with van der Waals surface area (Å²) in [5, 5.41) is 65.0. The average molecular weight is 1410 g/mol. The first-order chi connectivity index (χ1) is 47.7. The number of para-hydroxylation sites is 1. The second kappa shape index (κ2) is 28.9. The number of carboxylic acids is 2. The van der Waals surface area contributed by atoms with Crippen LogP contribution >= 0.6 is 11.3 Å². The monoisotopic (exact) mass is 1410 g/mol. The van der Waals surface area contributed by atoms with Gasteiger partial charge in [0.2, 0.25) is 12.2 Å². The molecule has 1 saturated heterocycles. The van der Waals surface area contributed by atoms with Crippen molar-refractivity contribution < 1.29 is 91.0 Å². The van der Waals surface area contributed by atoms with Crippen molar-refractivity contribution in [1.82, 2.24) is 34.9 Å². The Morgan fingerprint density at radius 1 is 0.830 bits per heavy atom. The van der Waals surface area contributed by atoms with Crippen molar-refractivity contribution >= 4 is 89.2 Å². The Morgan fingerprint density at radius 2 is 1.58 bits per heavy atom. The van der Waals surface area contributed by atoms with E-state index in [0.717, 1.165) is 68.9 Å². The molecule has 8 N–H and O–H groups in total. The lowest BCUT2D eigenvalue weighted by atomic mass is 9.43. The number of carboxylic acid groups (broad SMARTS) is 2. The zero-order valence-electron chi connectivity index (χ0n) is 55.2. The summed E-state index contributed by atoms with van der Waals surface area (Å²) >= 11 is 1.37. The van der Waals surface area contributed by atoms with E-state index in [-0.39, 0.29) is 53.4 Å². The third-order valence-electron chi connectivity index (χ3n) is 20.7. The summed E-state index contributed by atoms with van der Waals surface area (Å²) in [4.78, 5) is 101. The minimum atomic E-state index is -4.61. The number of thiazole rings is 1. The Balaban J connectivity index is 0.733. The highest BCUT2D eigenvalue weighted by molar-refractivity contribution is 7.85. The molecule has 6 aliphatic carbocycles. The number of hydrogen-bond acceptors (Lipinski definition) is 20. The van der Waals surface area contributed by atoms with Crippen molar-refractivity contribution in [3.63, 3.8) is 0 Å². The molecule has 6 saturated carbocycles. The Bertz CT molecular complexity index is 4420. The lowest BCUT2D eigenvalue weighted by Crippen LogP contribution is -2.61. The number of aromatic nitrogens is 4. The largest absolute Gasteiger partial charge is 0.479 e. The predicted molar refractivity (Wildman–Crippen MR) is 363 cm³/mol. The smallest absolute Gasteiger partial charge is 0.410 e. The quantitative estimate of drug-likeness (QED) is 0.0147. The van der Waals surface area contributed by atoms with Crippen LogP contribution in [-0.2, 0) is 63.1 Å². The van der Waals surface area contributed by atoms with Gasteiger partial charge in [-0.25, -0.2) is 24.4 Å². The molecule has 7 aromatic rings. The lowest BCUT2D eigenvalue weighted by molar-refractivity contribution is -0.271. The number of rotatable bonds is 26. The van der Waals surface area contributed by atoms with Gasteiger partial charge >= 0.3 is 18.0 Å². The number of nitrogens with one attached hydrogen (secondary N) is 2. The van der Waals surface area contributed by atoms with Crippen molar-refractivity contribution in [2.24, 2.45) is 22.7 Å². The molecule has 4 aromatic carbocycles. The number of aryl methyl sites for hydroxylation is 1. The van der Waals surface area contributed by atoms with Gasteiger partial charge in [-0.2, -0.15) is 13.5 Å². The second-order valence-electron chi connectivity index (χ2n) is 27.1. The fraction of sp³-hybridized carbons (Fsp3) is 0.437. The summed E-state index contributed by atoms with van der Waals surface area (Å²) < 4.78 is 61.5. The fourth-order valence-electron chi connectivity index (χ4n) is 15.6. The molecule has 3 aromatic heterocycles. The molecule has 5 heterocycles. The van der Waals surface area contributed by atoms with Gasteiger partial charge in [0.1, 0.15) is 37.2 Å². The van der Waals surface area contributed by atoms with E-state index in [4.69, 9.17) is 29.0 Å². The maximum Gasteiger partial charge on any atom is 0.410 e. The Kier molecular flexibility index (Phi) is 20.4. The number of aromatic carboxylic acids is 1. The van der Waals surface area contributed by atoms with Gasteiger partial charge in [-0.15, -0.1) is 0 Å². The second-order valence-corrected chi connectivity index (χ2v) is 29.7. The molecule has 3 bridgehead atoms. The topological polar surface area (TPSA) is 386 Å². The van der Waals surface area contributed by atoms with Crippen molar-refractivity contribution in [3.8, 4) is 28.1 Å². The molecule has 1 spiro atoms. The number of pyridine rings is 1. The third-order valence-corrected chi connectivity index (χ3v) is 22.4. The Morgan fingerprint density at radius 3 is 2.30 bits per heavy atom.